The van der Waals surface area contributed by atoms with Gasteiger partial charge in [-0.25, -0.2) is 5.43 Å². The van der Waals surface area contributed by atoms with Crippen molar-refractivity contribution >= 4 is 56.5 Å². The molecular weight excluding hydrogens is 495 g/mol. The van der Waals surface area contributed by atoms with Crippen LogP contribution in [0.4, 0.5) is 0 Å². The number of benzene rings is 2. The smallest absolute Gasteiger partial charge is 0.306 e. The lowest BCUT2D eigenvalue weighted by atomic mass is 10.0. The number of carbonyl (C=O) groups excluding carboxylic acids is 1. The minimum absolute atomic E-state index is 0.0888. The number of hydrogen-bond donors (Lipinski definition) is 1. The molecule has 32 heavy (non-hydrogen) atoms. The molecule has 1 aliphatic carbocycles. The standard InChI is InChI=1S/C22H21Cl3N2O4S/c1-22(2)17(12-18(24)25)19(22)21(28)27-26-20(13-4-8-15(23)9-5-13)14-6-10-16(11-7-14)31-32(3,29)30/h4-12,17,19H,1-3H3,(H,27,28)/b26-20+. The van der Waals surface area contributed by atoms with Gasteiger partial charge in [0.05, 0.1) is 17.9 Å². The summed E-state index contributed by atoms with van der Waals surface area (Å²) in [4.78, 5) is 12.8. The van der Waals surface area contributed by atoms with Crippen molar-refractivity contribution < 1.29 is 17.4 Å². The lowest BCUT2D eigenvalue weighted by Crippen LogP contribution is -2.24. The zero-order valence-electron chi connectivity index (χ0n) is 17.5. The molecule has 2 atom stereocenters. The highest BCUT2D eigenvalue weighted by atomic mass is 35.5. The Labute approximate surface area is 202 Å². The highest BCUT2D eigenvalue weighted by Crippen LogP contribution is 2.59. The zero-order valence-corrected chi connectivity index (χ0v) is 20.6. The van der Waals surface area contributed by atoms with Crippen LogP contribution in [0.5, 0.6) is 5.75 Å². The Morgan fingerprint density at radius 1 is 1.06 bits per heavy atom. The van der Waals surface area contributed by atoms with E-state index >= 15 is 0 Å². The summed E-state index contributed by atoms with van der Waals surface area (Å²) in [6, 6.07) is 13.3. The summed E-state index contributed by atoms with van der Waals surface area (Å²) in [5, 5.41) is 4.92. The van der Waals surface area contributed by atoms with E-state index in [0.717, 1.165) is 6.26 Å². The number of carbonyl (C=O) groups is 1. The number of rotatable bonds is 7. The van der Waals surface area contributed by atoms with Gasteiger partial charge in [-0.2, -0.15) is 13.5 Å². The van der Waals surface area contributed by atoms with Crippen LogP contribution in [0.15, 0.2) is 64.2 Å². The Kier molecular flexibility index (Phi) is 7.25. The highest BCUT2D eigenvalue weighted by Gasteiger charge is 2.60. The van der Waals surface area contributed by atoms with Gasteiger partial charge in [0.1, 0.15) is 10.2 Å². The molecule has 10 heteroatoms. The third-order valence-corrected chi connectivity index (χ3v) is 6.27. The van der Waals surface area contributed by atoms with Gasteiger partial charge in [0, 0.05) is 16.1 Å². The van der Waals surface area contributed by atoms with Crippen LogP contribution in [0.1, 0.15) is 25.0 Å². The van der Waals surface area contributed by atoms with Gasteiger partial charge in [0.15, 0.2) is 0 Å². The zero-order chi connectivity index (χ0) is 23.7. The van der Waals surface area contributed by atoms with Crippen molar-refractivity contribution in [1.82, 2.24) is 5.43 Å². The van der Waals surface area contributed by atoms with E-state index in [1.807, 2.05) is 13.8 Å². The summed E-state index contributed by atoms with van der Waals surface area (Å²) >= 11 is 17.5. The maximum Gasteiger partial charge on any atom is 0.306 e. The van der Waals surface area contributed by atoms with E-state index in [1.54, 1.807) is 42.5 Å². The minimum atomic E-state index is -3.64. The maximum atomic E-state index is 12.8. The van der Waals surface area contributed by atoms with E-state index in [4.69, 9.17) is 39.0 Å². The van der Waals surface area contributed by atoms with Gasteiger partial charge >= 0.3 is 10.1 Å². The topological polar surface area (TPSA) is 84.8 Å². The first-order valence-corrected chi connectivity index (χ1v) is 12.5. The molecule has 2 aromatic rings. The fourth-order valence-electron chi connectivity index (χ4n) is 3.55. The van der Waals surface area contributed by atoms with E-state index in [1.165, 1.54) is 12.1 Å². The van der Waals surface area contributed by atoms with Crippen molar-refractivity contribution in [3.8, 4) is 5.75 Å². The van der Waals surface area contributed by atoms with E-state index in [-0.39, 0.29) is 33.4 Å². The van der Waals surface area contributed by atoms with Gasteiger partial charge in [-0.1, -0.05) is 60.8 Å². The number of hydrazone groups is 1. The molecule has 0 aromatic heterocycles. The summed E-state index contributed by atoms with van der Waals surface area (Å²) in [5.74, 6) is -0.498. The number of halogens is 3. The Hall–Kier alpha value is -2.06. The second-order valence-electron chi connectivity index (χ2n) is 8.04. The molecule has 2 aromatic carbocycles. The van der Waals surface area contributed by atoms with E-state index in [2.05, 4.69) is 10.5 Å². The third kappa shape index (κ3) is 6.04. The Bertz CT molecular complexity index is 1170. The molecule has 0 aliphatic heterocycles. The van der Waals surface area contributed by atoms with Crippen LogP contribution in [0.25, 0.3) is 0 Å². The fourth-order valence-corrected chi connectivity index (χ4v) is 4.41. The van der Waals surface area contributed by atoms with Gasteiger partial charge < -0.3 is 4.18 Å². The fraction of sp³-hybridized carbons (Fsp3) is 0.273. The molecule has 2 unspecified atom stereocenters. The average Bonchev–Trinajstić information content (AvgIpc) is 3.22. The van der Waals surface area contributed by atoms with Crippen LogP contribution in [-0.4, -0.2) is 26.3 Å². The van der Waals surface area contributed by atoms with Gasteiger partial charge in [0.25, 0.3) is 0 Å². The molecule has 170 valence electrons. The SMILES string of the molecule is CC1(C)C(C=C(Cl)Cl)C1C(=O)N/N=C(\c1ccc(Cl)cc1)c1ccc(OS(C)(=O)=O)cc1. The van der Waals surface area contributed by atoms with Crippen molar-refractivity contribution in [2.75, 3.05) is 6.26 Å². The van der Waals surface area contributed by atoms with Crippen molar-refractivity contribution in [3.63, 3.8) is 0 Å². The number of nitrogens with one attached hydrogen (secondary N) is 1. The van der Waals surface area contributed by atoms with E-state index in [9.17, 15) is 13.2 Å². The first kappa shape index (κ1) is 24.6. The number of amides is 1. The minimum Gasteiger partial charge on any atom is -0.383 e. The monoisotopic (exact) mass is 514 g/mol. The quantitative estimate of drug-likeness (QED) is 0.314. The van der Waals surface area contributed by atoms with Crippen LogP contribution in [0, 0.1) is 17.3 Å². The summed E-state index contributed by atoms with van der Waals surface area (Å²) in [6.07, 6.45) is 2.63. The second-order valence-corrected chi connectivity index (χ2v) is 11.1. The molecule has 0 bridgehead atoms. The van der Waals surface area contributed by atoms with E-state index in [0.29, 0.717) is 21.9 Å². The summed E-state index contributed by atoms with van der Waals surface area (Å²) in [5.41, 5.74) is 4.18. The van der Waals surface area contributed by atoms with Crippen molar-refractivity contribution in [2.45, 2.75) is 13.8 Å². The lowest BCUT2D eigenvalue weighted by molar-refractivity contribution is -0.123. The average molecular weight is 516 g/mol. The molecule has 6 nitrogen and oxygen atoms in total. The largest absolute Gasteiger partial charge is 0.383 e. The van der Waals surface area contributed by atoms with Gasteiger partial charge in [-0.05, 0) is 53.8 Å². The van der Waals surface area contributed by atoms with Crippen molar-refractivity contribution in [1.29, 1.82) is 0 Å². The summed E-state index contributed by atoms with van der Waals surface area (Å²) < 4.78 is 27.7. The molecule has 1 saturated carbocycles. The van der Waals surface area contributed by atoms with Crippen LogP contribution >= 0.6 is 34.8 Å². The molecule has 0 saturated heterocycles. The Morgan fingerprint density at radius 2 is 1.59 bits per heavy atom. The molecule has 3 rings (SSSR count). The predicted molar refractivity (Wildman–Crippen MR) is 128 cm³/mol. The molecule has 0 heterocycles. The van der Waals surface area contributed by atoms with Gasteiger partial charge in [-0.3, -0.25) is 4.79 Å². The molecule has 1 N–H and O–H groups in total. The van der Waals surface area contributed by atoms with Crippen molar-refractivity contribution in [3.05, 3.63) is 75.2 Å². The summed E-state index contributed by atoms with van der Waals surface area (Å²) in [7, 11) is -3.64. The van der Waals surface area contributed by atoms with Gasteiger partial charge in [0.2, 0.25) is 5.91 Å². The maximum absolute atomic E-state index is 12.8. The second kappa shape index (κ2) is 9.43. The molecule has 0 spiro atoms. The Morgan fingerprint density at radius 3 is 2.09 bits per heavy atom. The van der Waals surface area contributed by atoms with Crippen LogP contribution in [0.3, 0.4) is 0 Å². The predicted octanol–water partition coefficient (Wildman–Crippen LogP) is 5.14. The lowest BCUT2D eigenvalue weighted by Gasteiger charge is -2.10. The summed E-state index contributed by atoms with van der Waals surface area (Å²) in [6.45, 7) is 3.92. The molecule has 1 fully saturated rings. The van der Waals surface area contributed by atoms with Gasteiger partial charge in [-0.15, -0.1) is 0 Å². The number of allylic oxidation sites excluding steroid dienone is 1. The number of hydrogen-bond acceptors (Lipinski definition) is 5. The first-order valence-electron chi connectivity index (χ1n) is 9.54. The Balaban J connectivity index is 1.89. The normalized spacial score (nSPS) is 19.8. The molecule has 1 amide bonds. The highest BCUT2D eigenvalue weighted by molar-refractivity contribution is 7.86. The van der Waals surface area contributed by atoms with Crippen molar-refractivity contribution in [2.24, 2.45) is 22.4 Å². The molecular formula is C22H21Cl3N2O4S. The van der Waals surface area contributed by atoms with Crippen LogP contribution in [0.2, 0.25) is 5.02 Å². The molecule has 0 radical (unpaired) electrons. The number of nitrogens with zero attached hydrogens (tertiary/aromatic N) is 1. The van der Waals surface area contributed by atoms with Crippen LogP contribution in [-0.2, 0) is 14.9 Å². The third-order valence-electron chi connectivity index (χ3n) is 5.27. The van der Waals surface area contributed by atoms with Crippen LogP contribution < -0.4 is 9.61 Å². The van der Waals surface area contributed by atoms with E-state index < -0.39 is 10.1 Å². The first-order chi connectivity index (χ1) is 14.9. The molecule has 1 aliphatic rings.